The number of aromatic nitrogens is 4. The number of rotatable bonds is 3. The number of aromatic amines is 1. The van der Waals surface area contributed by atoms with Crippen molar-refractivity contribution in [2.75, 3.05) is 0 Å². The van der Waals surface area contributed by atoms with Gasteiger partial charge in [0.25, 0.3) is 0 Å². The quantitative estimate of drug-likeness (QED) is 0.195. The topological polar surface area (TPSA) is 30.6 Å². The molecule has 8 aromatic carbocycles. The average Bonchev–Trinajstić information content (AvgIpc) is 3.93. The van der Waals surface area contributed by atoms with Crippen molar-refractivity contribution in [1.82, 2.24) is 18.7 Å². The van der Waals surface area contributed by atoms with E-state index in [1.54, 1.807) is 0 Å². The van der Waals surface area contributed by atoms with Crippen molar-refractivity contribution in [3.63, 3.8) is 0 Å². The second kappa shape index (κ2) is 10.3. The van der Waals surface area contributed by atoms with Gasteiger partial charge in [-0.25, -0.2) is 0 Å². The predicted octanol–water partition coefficient (Wildman–Crippen LogP) is 12.6. The molecular weight excluding hydrogens is 633 g/mol. The fourth-order valence-electron chi connectivity index (χ4n) is 8.93. The number of para-hydroxylation sites is 5. The summed E-state index contributed by atoms with van der Waals surface area (Å²) in [4.78, 5) is 3.59. The zero-order valence-corrected chi connectivity index (χ0v) is 28.1. The van der Waals surface area contributed by atoms with Gasteiger partial charge in [0.1, 0.15) is 0 Å². The smallest absolute Gasteiger partial charge is 0.0542 e. The fourth-order valence-corrected chi connectivity index (χ4v) is 8.93. The third-order valence-corrected chi connectivity index (χ3v) is 11.2. The molecule has 0 radical (unpaired) electrons. The van der Waals surface area contributed by atoms with Crippen LogP contribution in [0.25, 0.3) is 104 Å². The maximum absolute atomic E-state index is 3.59. The van der Waals surface area contributed by atoms with Crippen LogP contribution in [0.1, 0.15) is 0 Å². The van der Waals surface area contributed by atoms with Crippen LogP contribution in [0.2, 0.25) is 0 Å². The average molecular weight is 663 g/mol. The maximum atomic E-state index is 3.59. The molecular formula is C48H30N4. The van der Waals surface area contributed by atoms with Gasteiger partial charge in [0.2, 0.25) is 0 Å². The van der Waals surface area contributed by atoms with Gasteiger partial charge < -0.3 is 18.7 Å². The summed E-state index contributed by atoms with van der Waals surface area (Å²) in [5.74, 6) is 0. The monoisotopic (exact) mass is 662 g/mol. The van der Waals surface area contributed by atoms with Crippen LogP contribution >= 0.6 is 0 Å². The maximum Gasteiger partial charge on any atom is 0.0542 e. The van der Waals surface area contributed by atoms with Gasteiger partial charge in [-0.05, 0) is 84.9 Å². The number of hydrogen-bond donors (Lipinski definition) is 1. The van der Waals surface area contributed by atoms with E-state index in [1.807, 2.05) is 0 Å². The minimum absolute atomic E-state index is 1.15. The van der Waals surface area contributed by atoms with Crippen LogP contribution in [0.15, 0.2) is 176 Å². The summed E-state index contributed by atoms with van der Waals surface area (Å²) in [6.45, 7) is 0. The van der Waals surface area contributed by atoms with E-state index < -0.39 is 0 Å². The lowest BCUT2D eigenvalue weighted by Crippen LogP contribution is -1.96. The normalized spacial score (nSPS) is 12.2. The largest absolute Gasteiger partial charge is 0.355 e. The van der Waals surface area contributed by atoms with Crippen molar-refractivity contribution in [3.8, 4) is 17.1 Å². The Morgan fingerprint density at radius 1 is 0.250 bits per heavy atom. The summed E-state index contributed by atoms with van der Waals surface area (Å²) >= 11 is 0. The first-order chi connectivity index (χ1) is 25.8. The van der Waals surface area contributed by atoms with E-state index in [4.69, 9.17) is 0 Å². The molecule has 0 unspecified atom stereocenters. The molecule has 0 saturated carbocycles. The van der Waals surface area contributed by atoms with Crippen molar-refractivity contribution in [3.05, 3.63) is 176 Å². The zero-order valence-electron chi connectivity index (χ0n) is 28.1. The van der Waals surface area contributed by atoms with Gasteiger partial charge in [-0.1, -0.05) is 91.0 Å². The van der Waals surface area contributed by atoms with Gasteiger partial charge in [0, 0.05) is 71.2 Å². The van der Waals surface area contributed by atoms with Crippen molar-refractivity contribution in [2.24, 2.45) is 0 Å². The highest BCUT2D eigenvalue weighted by atomic mass is 15.0. The van der Waals surface area contributed by atoms with E-state index in [0.29, 0.717) is 0 Å². The van der Waals surface area contributed by atoms with Gasteiger partial charge in [-0.2, -0.15) is 0 Å². The molecule has 0 spiro atoms. The second-order valence-electron chi connectivity index (χ2n) is 13.9. The van der Waals surface area contributed by atoms with E-state index in [1.165, 1.54) is 81.9 Å². The molecule has 0 aliphatic rings. The number of nitrogens with zero attached hydrogens (tertiary/aromatic N) is 3. The molecule has 0 bridgehead atoms. The van der Waals surface area contributed by atoms with Crippen molar-refractivity contribution < 1.29 is 0 Å². The zero-order chi connectivity index (χ0) is 33.9. The number of H-pyrrole nitrogens is 1. The molecule has 0 fully saturated rings. The first-order valence-electron chi connectivity index (χ1n) is 17.9. The predicted molar refractivity (Wildman–Crippen MR) is 219 cm³/mol. The first-order valence-corrected chi connectivity index (χ1v) is 17.9. The molecule has 12 rings (SSSR count). The van der Waals surface area contributed by atoms with E-state index in [0.717, 1.165) is 22.4 Å². The lowest BCUT2D eigenvalue weighted by atomic mass is 10.1. The summed E-state index contributed by atoms with van der Waals surface area (Å²) < 4.78 is 7.26. The summed E-state index contributed by atoms with van der Waals surface area (Å²) in [6, 6.07) is 64.3. The molecule has 0 aliphatic carbocycles. The third kappa shape index (κ3) is 3.70. The van der Waals surface area contributed by atoms with Crippen molar-refractivity contribution in [1.29, 1.82) is 0 Å². The molecule has 4 aromatic heterocycles. The molecule has 12 aromatic rings. The Morgan fingerprint density at radius 2 is 0.577 bits per heavy atom. The van der Waals surface area contributed by atoms with E-state index >= 15 is 0 Å². The molecule has 0 saturated heterocycles. The SMILES string of the molecule is c1ccc2c(c1)[nH]c1ccc(-n3c4ccccc4c4cc(-n5c6ccccc6c6cc(-n7c8ccccc8c8ccccc87)ccc65)ccc43)cc12. The molecule has 1 N–H and O–H groups in total. The summed E-state index contributed by atoms with van der Waals surface area (Å²) in [5.41, 5.74) is 13.0. The lowest BCUT2D eigenvalue weighted by molar-refractivity contribution is 1.16. The summed E-state index contributed by atoms with van der Waals surface area (Å²) in [7, 11) is 0. The van der Waals surface area contributed by atoms with E-state index in [9.17, 15) is 0 Å². The van der Waals surface area contributed by atoms with Crippen molar-refractivity contribution >= 4 is 87.2 Å². The Labute approximate surface area is 298 Å². The fraction of sp³-hybridized carbons (Fsp3) is 0. The molecule has 4 nitrogen and oxygen atoms in total. The van der Waals surface area contributed by atoms with Gasteiger partial charge >= 0.3 is 0 Å². The number of fused-ring (bicyclic) bond motifs is 12. The van der Waals surface area contributed by atoms with Gasteiger partial charge in [-0.15, -0.1) is 0 Å². The van der Waals surface area contributed by atoms with Crippen LogP contribution in [0.5, 0.6) is 0 Å². The van der Waals surface area contributed by atoms with Crippen LogP contribution in [0.4, 0.5) is 0 Å². The van der Waals surface area contributed by atoms with Crippen molar-refractivity contribution in [2.45, 2.75) is 0 Å². The standard InChI is InChI=1S/C48H30N4/c1-6-16-41-33(11-1)38-27-30(21-24-42(38)49-41)51-45-19-9-4-14-36(45)40-29-32(23-26-47(40)51)52-46-20-10-5-15-37(46)39-28-31(22-25-48(39)52)50-43-17-7-2-12-34(43)35-13-3-8-18-44(35)50/h1-29,49H. The molecule has 4 heterocycles. The minimum Gasteiger partial charge on any atom is -0.355 e. The number of hydrogen-bond acceptors (Lipinski definition) is 0. The van der Waals surface area contributed by atoms with Crippen LogP contribution in [-0.2, 0) is 0 Å². The Balaban J connectivity index is 1.08. The lowest BCUT2D eigenvalue weighted by Gasteiger charge is -2.11. The Kier molecular flexibility index (Phi) is 5.47. The van der Waals surface area contributed by atoms with Gasteiger partial charge in [0.15, 0.2) is 0 Å². The van der Waals surface area contributed by atoms with E-state index in [2.05, 4.69) is 195 Å². The van der Waals surface area contributed by atoms with Gasteiger partial charge in [0.05, 0.1) is 33.1 Å². The highest BCUT2D eigenvalue weighted by Gasteiger charge is 2.19. The third-order valence-electron chi connectivity index (χ3n) is 11.2. The van der Waals surface area contributed by atoms with Crippen LogP contribution < -0.4 is 0 Å². The summed E-state index contributed by atoms with van der Waals surface area (Å²) in [6.07, 6.45) is 0. The second-order valence-corrected chi connectivity index (χ2v) is 13.9. The molecule has 52 heavy (non-hydrogen) atoms. The summed E-state index contributed by atoms with van der Waals surface area (Å²) in [5, 5.41) is 9.99. The van der Waals surface area contributed by atoms with Crippen LogP contribution in [0, 0.1) is 0 Å². The number of nitrogens with one attached hydrogen (secondary N) is 1. The molecule has 0 amide bonds. The molecule has 4 heteroatoms. The first kappa shape index (κ1) is 27.7. The van der Waals surface area contributed by atoms with E-state index in [-0.39, 0.29) is 0 Å². The Morgan fingerprint density at radius 3 is 1.06 bits per heavy atom. The van der Waals surface area contributed by atoms with Gasteiger partial charge in [-0.3, -0.25) is 0 Å². The Bertz CT molecular complexity index is 3370. The van der Waals surface area contributed by atoms with Crippen LogP contribution in [0.3, 0.4) is 0 Å². The molecule has 0 aliphatic heterocycles. The highest BCUT2D eigenvalue weighted by molar-refractivity contribution is 6.14. The molecule has 242 valence electrons. The van der Waals surface area contributed by atoms with Crippen LogP contribution in [-0.4, -0.2) is 18.7 Å². The highest BCUT2D eigenvalue weighted by Crippen LogP contribution is 2.39. The minimum atomic E-state index is 1.15. The molecule has 0 atom stereocenters. The Hall–Kier alpha value is -7.04. The number of benzene rings is 8.